The maximum Gasteiger partial charge on any atom is 0.324 e. The van der Waals surface area contributed by atoms with Crippen LogP contribution in [-0.4, -0.2) is 24.9 Å². The second-order valence-corrected chi connectivity index (χ2v) is 5.25. The molecule has 1 N–H and O–H groups in total. The Balaban J connectivity index is 0.000000207. The van der Waals surface area contributed by atoms with Crippen molar-refractivity contribution in [3.8, 4) is 17.2 Å². The van der Waals surface area contributed by atoms with Gasteiger partial charge in [-0.3, -0.25) is 30.3 Å². The molecule has 0 atom stereocenters. The van der Waals surface area contributed by atoms with Crippen LogP contribution in [0.15, 0.2) is 53.1 Å². The highest BCUT2D eigenvalue weighted by Crippen LogP contribution is 2.38. The molecule has 0 unspecified atom stereocenters. The number of nitrogens with zero attached hydrogens (tertiary/aromatic N) is 4. The third kappa shape index (κ3) is 4.63. The van der Waals surface area contributed by atoms with E-state index in [4.69, 9.17) is 9.52 Å². The Kier molecular flexibility index (Phi) is 5.96. The average Bonchev–Trinajstić information content (AvgIpc) is 3.09. The van der Waals surface area contributed by atoms with Crippen LogP contribution in [0.25, 0.3) is 11.5 Å². The summed E-state index contributed by atoms with van der Waals surface area (Å²) in [4.78, 5) is 31.9. The molecule has 0 bridgehead atoms. The summed E-state index contributed by atoms with van der Waals surface area (Å²) in [5, 5.41) is 40.2. The quantitative estimate of drug-likeness (QED) is 0.514. The lowest BCUT2D eigenvalue weighted by Gasteiger charge is -1.97. The van der Waals surface area contributed by atoms with Gasteiger partial charge in [0.2, 0.25) is 5.89 Å². The summed E-state index contributed by atoms with van der Waals surface area (Å²) in [6.45, 7) is 1.89. The minimum atomic E-state index is -1.21. The van der Waals surface area contributed by atoms with Crippen molar-refractivity contribution in [1.82, 2.24) is 4.98 Å². The van der Waals surface area contributed by atoms with E-state index in [1.807, 2.05) is 37.3 Å². The van der Waals surface area contributed by atoms with E-state index in [2.05, 4.69) is 4.98 Å². The summed E-state index contributed by atoms with van der Waals surface area (Å²) in [7, 11) is 0. The first-order valence-electron chi connectivity index (χ1n) is 7.48. The van der Waals surface area contributed by atoms with E-state index in [0.29, 0.717) is 18.0 Å². The second kappa shape index (κ2) is 8.35. The van der Waals surface area contributed by atoms with Crippen LogP contribution in [0.5, 0.6) is 5.75 Å². The van der Waals surface area contributed by atoms with Gasteiger partial charge in [0.25, 0.3) is 11.4 Å². The Morgan fingerprint density at radius 1 is 0.929 bits per heavy atom. The molecule has 0 amide bonds. The monoisotopic (exact) mass is 388 g/mol. The molecule has 3 aromatic rings. The Bertz CT molecular complexity index is 997. The number of rotatable bonds is 4. The van der Waals surface area contributed by atoms with Crippen molar-refractivity contribution in [3.05, 3.63) is 84.8 Å². The summed E-state index contributed by atoms with van der Waals surface area (Å²) in [5.74, 6) is 0.322. The fourth-order valence-electron chi connectivity index (χ4n) is 2.04. The number of phenolic OH excluding ortho intramolecular Hbond substituents is 1. The number of oxazole rings is 1. The number of non-ortho nitro benzene ring substituents is 1. The number of aromatic nitrogens is 1. The first kappa shape index (κ1) is 20.0. The molecule has 1 heterocycles. The Labute approximate surface area is 156 Å². The van der Waals surface area contributed by atoms with Crippen molar-refractivity contribution in [2.75, 3.05) is 0 Å². The van der Waals surface area contributed by atoms with Gasteiger partial charge in [-0.25, -0.2) is 4.98 Å². The minimum Gasteiger partial charge on any atom is -0.497 e. The molecular formula is C16H12N4O8. The van der Waals surface area contributed by atoms with Gasteiger partial charge in [-0.05, 0) is 19.1 Å². The lowest BCUT2D eigenvalue weighted by molar-refractivity contribution is -0.404. The zero-order valence-corrected chi connectivity index (χ0v) is 14.2. The standard InChI is InChI=1S/C10H9NO.C6H3N3O7/c1-8-7-11-10(12-8)9-5-3-2-4-6-9;10-6-4(8(13)14)1-3(7(11)12)2-5(6)9(15)16/h2-7H,1H3;1-2,10H. The topological polar surface area (TPSA) is 176 Å². The lowest BCUT2D eigenvalue weighted by Crippen LogP contribution is -1.97. The van der Waals surface area contributed by atoms with E-state index in [0.717, 1.165) is 11.3 Å². The molecule has 0 spiro atoms. The molecule has 0 saturated carbocycles. The maximum atomic E-state index is 10.4. The number of phenols is 1. The van der Waals surface area contributed by atoms with E-state index < -0.39 is 37.6 Å². The number of benzene rings is 2. The predicted molar refractivity (Wildman–Crippen MR) is 94.7 cm³/mol. The van der Waals surface area contributed by atoms with Gasteiger partial charge in [0.15, 0.2) is 0 Å². The van der Waals surface area contributed by atoms with E-state index in [1.54, 1.807) is 6.20 Å². The molecule has 1 aromatic heterocycles. The van der Waals surface area contributed by atoms with Gasteiger partial charge in [0, 0.05) is 5.56 Å². The van der Waals surface area contributed by atoms with Crippen molar-refractivity contribution in [1.29, 1.82) is 0 Å². The van der Waals surface area contributed by atoms with E-state index in [-0.39, 0.29) is 0 Å². The minimum absolute atomic E-state index is 0.447. The summed E-state index contributed by atoms with van der Waals surface area (Å²) < 4.78 is 5.36. The summed E-state index contributed by atoms with van der Waals surface area (Å²) in [6, 6.07) is 10.8. The molecule has 0 saturated heterocycles. The number of hydrogen-bond acceptors (Lipinski definition) is 9. The van der Waals surface area contributed by atoms with Crippen LogP contribution in [-0.2, 0) is 0 Å². The van der Waals surface area contributed by atoms with Crippen molar-refractivity contribution < 1.29 is 24.3 Å². The molecule has 12 nitrogen and oxygen atoms in total. The number of nitro benzene ring substituents is 3. The summed E-state index contributed by atoms with van der Waals surface area (Å²) >= 11 is 0. The molecule has 0 fully saturated rings. The number of nitro groups is 3. The molecule has 0 aliphatic carbocycles. The Hall–Kier alpha value is -4.35. The van der Waals surface area contributed by atoms with Crippen LogP contribution in [0.4, 0.5) is 17.1 Å². The second-order valence-electron chi connectivity index (χ2n) is 5.25. The molecule has 3 rings (SSSR count). The summed E-state index contributed by atoms with van der Waals surface area (Å²) in [6.07, 6.45) is 1.72. The van der Waals surface area contributed by atoms with Crippen LogP contribution in [0.3, 0.4) is 0 Å². The van der Waals surface area contributed by atoms with Crippen LogP contribution in [0.1, 0.15) is 5.76 Å². The summed E-state index contributed by atoms with van der Waals surface area (Å²) in [5.41, 5.74) is -1.98. The molecule has 2 aromatic carbocycles. The number of hydrogen-bond donors (Lipinski definition) is 1. The molecule has 28 heavy (non-hydrogen) atoms. The fraction of sp³-hybridized carbons (Fsp3) is 0.0625. The lowest BCUT2D eigenvalue weighted by atomic mass is 10.2. The van der Waals surface area contributed by atoms with Gasteiger partial charge >= 0.3 is 11.4 Å². The van der Waals surface area contributed by atoms with Crippen LogP contribution in [0, 0.1) is 37.3 Å². The van der Waals surface area contributed by atoms with E-state index in [1.165, 1.54) is 0 Å². The normalized spacial score (nSPS) is 9.89. The van der Waals surface area contributed by atoms with Crippen molar-refractivity contribution in [3.63, 3.8) is 0 Å². The molecular weight excluding hydrogens is 376 g/mol. The number of aromatic hydroxyl groups is 1. The fourth-order valence-corrected chi connectivity index (χ4v) is 2.04. The van der Waals surface area contributed by atoms with Gasteiger partial charge in [0.1, 0.15) is 5.76 Å². The largest absolute Gasteiger partial charge is 0.497 e. The average molecular weight is 388 g/mol. The van der Waals surface area contributed by atoms with Gasteiger partial charge in [-0.1, -0.05) is 18.2 Å². The van der Waals surface area contributed by atoms with E-state index >= 15 is 0 Å². The van der Waals surface area contributed by atoms with E-state index in [9.17, 15) is 30.3 Å². The predicted octanol–water partition coefficient (Wildman–Crippen LogP) is 3.77. The smallest absolute Gasteiger partial charge is 0.324 e. The van der Waals surface area contributed by atoms with Crippen LogP contribution in [0.2, 0.25) is 0 Å². The van der Waals surface area contributed by atoms with Crippen molar-refractivity contribution in [2.45, 2.75) is 6.92 Å². The molecule has 12 heteroatoms. The van der Waals surface area contributed by atoms with Crippen molar-refractivity contribution in [2.24, 2.45) is 0 Å². The first-order valence-corrected chi connectivity index (χ1v) is 7.48. The Morgan fingerprint density at radius 2 is 1.46 bits per heavy atom. The van der Waals surface area contributed by atoms with Crippen molar-refractivity contribution >= 4 is 17.1 Å². The third-order valence-corrected chi connectivity index (χ3v) is 3.30. The Morgan fingerprint density at radius 3 is 1.86 bits per heavy atom. The van der Waals surface area contributed by atoms with Crippen LogP contribution < -0.4 is 0 Å². The molecule has 0 aliphatic heterocycles. The first-order chi connectivity index (χ1) is 13.2. The van der Waals surface area contributed by atoms with Gasteiger partial charge in [0.05, 0.1) is 33.1 Å². The third-order valence-electron chi connectivity index (χ3n) is 3.30. The highest BCUT2D eigenvalue weighted by Gasteiger charge is 2.30. The molecule has 0 aliphatic rings. The molecule has 144 valence electrons. The van der Waals surface area contributed by atoms with Gasteiger partial charge in [-0.15, -0.1) is 0 Å². The van der Waals surface area contributed by atoms with Gasteiger partial charge in [-0.2, -0.15) is 0 Å². The number of aryl methyl sites for hydroxylation is 1. The zero-order valence-electron chi connectivity index (χ0n) is 14.2. The highest BCUT2D eigenvalue weighted by molar-refractivity contribution is 5.64. The maximum absolute atomic E-state index is 10.4. The van der Waals surface area contributed by atoms with Gasteiger partial charge < -0.3 is 9.52 Å². The van der Waals surface area contributed by atoms with Crippen LogP contribution >= 0.6 is 0 Å². The highest BCUT2D eigenvalue weighted by atomic mass is 16.6. The molecule has 0 radical (unpaired) electrons. The zero-order chi connectivity index (χ0) is 20.8. The SMILES string of the molecule is Cc1cnc(-c2ccccc2)o1.O=[N+]([O-])c1cc([N+](=O)[O-])c(O)c([N+](=O)[O-])c1.